The Morgan fingerprint density at radius 3 is 2.61 bits per heavy atom. The Balaban J connectivity index is 2.52. The highest BCUT2D eigenvalue weighted by molar-refractivity contribution is 7.44. The largest absolute Gasteiger partial charge is 0.466 e. The van der Waals surface area contributed by atoms with E-state index in [0.717, 1.165) is 19.3 Å². The maximum Gasteiger partial charge on any atom is 0.367 e. The minimum atomic E-state index is -1.68. The van der Waals surface area contributed by atoms with Gasteiger partial charge in [-0.2, -0.15) is 0 Å². The fourth-order valence-electron chi connectivity index (χ4n) is 2.63. The molecule has 1 saturated carbocycles. The summed E-state index contributed by atoms with van der Waals surface area (Å²) in [5.74, 6) is -0.000987. The van der Waals surface area contributed by atoms with E-state index in [-0.39, 0.29) is 24.4 Å². The Morgan fingerprint density at radius 1 is 1.39 bits per heavy atom. The Bertz CT molecular complexity index is 274. The molecular weight excluding hydrogens is 251 g/mol. The molecule has 1 rings (SSSR count). The lowest BCUT2D eigenvalue weighted by atomic mass is 9.83. The Morgan fingerprint density at radius 2 is 2.06 bits per heavy atom. The van der Waals surface area contributed by atoms with Crippen LogP contribution in [0.25, 0.3) is 0 Å². The molecule has 0 aromatic carbocycles. The topological polar surface area (TPSA) is 63.6 Å². The van der Waals surface area contributed by atoms with Gasteiger partial charge in [-0.1, -0.05) is 36.7 Å². The molecule has 0 spiro atoms. The lowest BCUT2D eigenvalue weighted by Gasteiger charge is -2.23. The predicted molar refractivity (Wildman–Crippen MR) is 70.9 cm³/mol. The zero-order valence-electron chi connectivity index (χ0n) is 11.1. The van der Waals surface area contributed by atoms with Crippen LogP contribution >= 0.6 is 7.80 Å². The number of ether oxygens (including phenoxy) is 1. The fraction of sp³-hybridized carbons (Fsp3) is 0.923. The molecular formula is C13H24O4P+. The van der Waals surface area contributed by atoms with Gasteiger partial charge in [-0.3, -0.25) is 4.79 Å². The summed E-state index contributed by atoms with van der Waals surface area (Å²) in [6, 6.07) is 0. The van der Waals surface area contributed by atoms with Crippen LogP contribution in [0.1, 0.15) is 45.4 Å². The standard InChI is InChI=1S/C13H24O4P/c1-2-17-13(15)12(9-18(16)10-14)8-11-6-4-3-5-7-11/h11-12,14H,2-10H2,1H3/q+1. The van der Waals surface area contributed by atoms with E-state index in [1.54, 1.807) is 6.92 Å². The minimum absolute atomic E-state index is 0.250. The average Bonchev–Trinajstić information content (AvgIpc) is 2.39. The first-order valence-electron chi connectivity index (χ1n) is 6.87. The Labute approximate surface area is 110 Å². The van der Waals surface area contributed by atoms with Crippen molar-refractivity contribution in [3.63, 3.8) is 0 Å². The molecule has 0 saturated heterocycles. The quantitative estimate of drug-likeness (QED) is 0.573. The van der Waals surface area contributed by atoms with Gasteiger partial charge in [0, 0.05) is 0 Å². The number of carbonyl (C=O) groups excluding carboxylic acids is 1. The summed E-state index contributed by atoms with van der Waals surface area (Å²) in [6.45, 7) is 2.14. The number of aliphatic hydroxyl groups is 1. The van der Waals surface area contributed by atoms with E-state index in [9.17, 15) is 9.36 Å². The summed E-state index contributed by atoms with van der Waals surface area (Å²) < 4.78 is 16.5. The van der Waals surface area contributed by atoms with Crippen molar-refractivity contribution in [2.75, 3.05) is 19.1 Å². The molecule has 5 heteroatoms. The first-order valence-corrected chi connectivity index (χ1v) is 8.50. The maximum absolute atomic E-state index is 11.8. The van der Waals surface area contributed by atoms with E-state index >= 15 is 0 Å². The van der Waals surface area contributed by atoms with Gasteiger partial charge in [0.2, 0.25) is 6.35 Å². The molecule has 1 fully saturated rings. The molecule has 1 aliphatic carbocycles. The monoisotopic (exact) mass is 275 g/mol. The molecule has 0 aromatic heterocycles. The van der Waals surface area contributed by atoms with E-state index < -0.39 is 7.80 Å². The third-order valence-corrected chi connectivity index (χ3v) is 4.71. The third kappa shape index (κ3) is 5.45. The number of hydrogen-bond acceptors (Lipinski definition) is 4. The zero-order chi connectivity index (χ0) is 13.4. The summed E-state index contributed by atoms with van der Waals surface area (Å²) in [4.78, 5) is 11.8. The van der Waals surface area contributed by atoms with Crippen LogP contribution in [0.15, 0.2) is 0 Å². The van der Waals surface area contributed by atoms with Crippen molar-refractivity contribution in [3.05, 3.63) is 0 Å². The normalized spacial score (nSPS) is 19.3. The number of carbonyl (C=O) groups is 1. The highest BCUT2D eigenvalue weighted by Crippen LogP contribution is 2.33. The number of hydrogen-bond donors (Lipinski definition) is 1. The SMILES string of the molecule is CCOC(=O)C(CC1CCCCC1)C[P+](=O)CO. The summed E-state index contributed by atoms with van der Waals surface area (Å²) >= 11 is 0. The van der Waals surface area contributed by atoms with Gasteiger partial charge in [0.15, 0.2) is 6.16 Å². The van der Waals surface area contributed by atoms with Crippen molar-refractivity contribution in [2.45, 2.75) is 45.4 Å². The van der Waals surface area contributed by atoms with Gasteiger partial charge < -0.3 is 9.84 Å². The van der Waals surface area contributed by atoms with E-state index in [1.165, 1.54) is 19.3 Å². The van der Waals surface area contributed by atoms with Gasteiger partial charge in [-0.05, 0) is 19.3 Å². The van der Waals surface area contributed by atoms with E-state index in [0.29, 0.717) is 12.5 Å². The molecule has 0 aliphatic heterocycles. The van der Waals surface area contributed by atoms with Crippen LogP contribution in [0.5, 0.6) is 0 Å². The van der Waals surface area contributed by atoms with Crippen LogP contribution in [0.2, 0.25) is 0 Å². The Hall–Kier alpha value is -0.470. The molecule has 0 amide bonds. The van der Waals surface area contributed by atoms with Crippen molar-refractivity contribution in [3.8, 4) is 0 Å². The molecule has 0 heterocycles. The molecule has 4 nitrogen and oxygen atoms in total. The van der Waals surface area contributed by atoms with Crippen LogP contribution in [-0.2, 0) is 14.1 Å². The van der Waals surface area contributed by atoms with E-state index in [4.69, 9.17) is 9.84 Å². The van der Waals surface area contributed by atoms with Crippen molar-refractivity contribution >= 4 is 13.8 Å². The lowest BCUT2D eigenvalue weighted by molar-refractivity contribution is -0.147. The third-order valence-electron chi connectivity index (χ3n) is 3.54. The second-order valence-electron chi connectivity index (χ2n) is 4.99. The van der Waals surface area contributed by atoms with E-state index in [1.807, 2.05) is 0 Å². The number of rotatable bonds is 7. The smallest absolute Gasteiger partial charge is 0.367 e. The lowest BCUT2D eigenvalue weighted by Crippen LogP contribution is -2.24. The van der Waals surface area contributed by atoms with Gasteiger partial charge in [0.1, 0.15) is 5.92 Å². The fourth-order valence-corrected chi connectivity index (χ4v) is 3.54. The second kappa shape index (κ2) is 8.60. The molecule has 104 valence electrons. The Kier molecular flexibility index (Phi) is 7.45. The summed E-state index contributed by atoms with van der Waals surface area (Å²) in [5.41, 5.74) is 0. The van der Waals surface area contributed by atoms with Gasteiger partial charge in [-0.25, -0.2) is 0 Å². The van der Waals surface area contributed by atoms with Crippen LogP contribution in [-0.4, -0.2) is 30.2 Å². The second-order valence-corrected chi connectivity index (χ2v) is 6.61. The highest BCUT2D eigenvalue weighted by Gasteiger charge is 2.32. The molecule has 1 aliphatic rings. The zero-order valence-corrected chi connectivity index (χ0v) is 12.0. The number of aliphatic hydroxyl groups excluding tert-OH is 1. The summed E-state index contributed by atoms with van der Waals surface area (Å²) in [5, 5.41) is 8.87. The predicted octanol–water partition coefficient (Wildman–Crippen LogP) is 2.91. The number of esters is 1. The van der Waals surface area contributed by atoms with Crippen molar-refractivity contribution in [1.82, 2.24) is 0 Å². The van der Waals surface area contributed by atoms with Crippen LogP contribution in [0.4, 0.5) is 0 Å². The van der Waals surface area contributed by atoms with Crippen LogP contribution in [0.3, 0.4) is 0 Å². The molecule has 0 aromatic rings. The summed E-state index contributed by atoms with van der Waals surface area (Å²) in [7, 11) is -1.68. The van der Waals surface area contributed by atoms with Gasteiger partial charge >= 0.3 is 13.8 Å². The van der Waals surface area contributed by atoms with Crippen LogP contribution < -0.4 is 0 Å². The molecule has 0 bridgehead atoms. The van der Waals surface area contributed by atoms with Gasteiger partial charge in [-0.15, -0.1) is 0 Å². The van der Waals surface area contributed by atoms with Crippen LogP contribution in [0, 0.1) is 11.8 Å². The highest BCUT2D eigenvalue weighted by atomic mass is 31.1. The molecule has 2 atom stereocenters. The molecule has 0 radical (unpaired) electrons. The molecule has 1 N–H and O–H groups in total. The van der Waals surface area contributed by atoms with E-state index in [2.05, 4.69) is 0 Å². The van der Waals surface area contributed by atoms with Crippen molar-refractivity contribution in [1.29, 1.82) is 0 Å². The van der Waals surface area contributed by atoms with Gasteiger partial charge in [0.05, 0.1) is 6.61 Å². The maximum atomic E-state index is 11.8. The molecule has 2 unspecified atom stereocenters. The minimum Gasteiger partial charge on any atom is -0.466 e. The average molecular weight is 275 g/mol. The van der Waals surface area contributed by atoms with Crippen molar-refractivity contribution in [2.24, 2.45) is 11.8 Å². The van der Waals surface area contributed by atoms with Gasteiger partial charge in [0.25, 0.3) is 0 Å². The summed E-state index contributed by atoms with van der Waals surface area (Å²) in [6.07, 6.45) is 6.75. The molecule has 18 heavy (non-hydrogen) atoms. The van der Waals surface area contributed by atoms with Crippen molar-refractivity contribution < 1.29 is 19.2 Å². The first-order chi connectivity index (χ1) is 8.67. The first kappa shape index (κ1) is 15.6.